The summed E-state index contributed by atoms with van der Waals surface area (Å²) in [4.78, 5) is 10.3. The monoisotopic (exact) mass is 974 g/mol. The van der Waals surface area contributed by atoms with Crippen LogP contribution in [-0.2, 0) is 27.1 Å². The van der Waals surface area contributed by atoms with Gasteiger partial charge >= 0.3 is 0 Å². The number of nitrogens with zero attached hydrogens (tertiary/aromatic N) is 3. The zero-order chi connectivity index (χ0) is 51.9. The average molecular weight is 974 g/mol. The molecule has 2 aliphatic heterocycles. The second kappa shape index (κ2) is 15.3. The highest BCUT2D eigenvalue weighted by atomic mass is 16.3. The minimum Gasteiger partial charge on any atom is -0.456 e. The van der Waals surface area contributed by atoms with Crippen LogP contribution < -0.4 is 26.2 Å². The lowest BCUT2D eigenvalue weighted by atomic mass is 9.33. The molecule has 14 rings (SSSR count). The number of hydrogen-bond donors (Lipinski definition) is 0. The molecule has 0 radical (unpaired) electrons. The first-order valence-corrected chi connectivity index (χ1v) is 27.1. The summed E-state index contributed by atoms with van der Waals surface area (Å²) < 4.78 is 7.61. The Morgan fingerprint density at radius 2 is 0.947 bits per heavy atom. The molecule has 75 heavy (non-hydrogen) atoms. The molecule has 0 fully saturated rings. The van der Waals surface area contributed by atoms with Crippen molar-refractivity contribution in [3.63, 3.8) is 0 Å². The van der Waals surface area contributed by atoms with Crippen LogP contribution in [0.3, 0.4) is 0 Å². The number of rotatable bonds is 2. The van der Waals surface area contributed by atoms with Crippen molar-refractivity contribution in [2.45, 2.75) is 110 Å². The van der Waals surface area contributed by atoms with E-state index in [1.807, 2.05) is 6.20 Å². The molecule has 0 saturated heterocycles. The van der Waals surface area contributed by atoms with Gasteiger partial charge in [0.1, 0.15) is 11.2 Å². The van der Waals surface area contributed by atoms with Gasteiger partial charge in [0.05, 0.1) is 11.1 Å². The normalized spacial score (nSPS) is 16.2. The first-order valence-electron chi connectivity index (χ1n) is 27.1. The Morgan fingerprint density at radius 1 is 0.427 bits per heavy atom. The highest BCUT2D eigenvalue weighted by Gasteiger charge is 2.54. The smallest absolute Gasteiger partial charge is 0.252 e. The maximum Gasteiger partial charge on any atom is 0.252 e. The van der Waals surface area contributed by atoms with E-state index in [9.17, 15) is 0 Å². The molecule has 4 nitrogen and oxygen atoms in total. The molecule has 2 aromatic heterocycles. The Balaban J connectivity index is 1.10. The molecule has 1 unspecified atom stereocenters. The largest absolute Gasteiger partial charge is 0.456 e. The van der Waals surface area contributed by atoms with Crippen molar-refractivity contribution < 1.29 is 4.42 Å². The SMILES string of the molecule is CC(C)(C)c1ccc(N2c3cc(C(C)(C)C)ccc3B3c4cc5c(cc4N(c4ccc(C(C)(C)C)cc4)c4cc(C(C)(C)C)cc2c43)oc2c3c(ccc25)-c2ccccc2C32c3ccccc3-c3ncccc32)cc1. The van der Waals surface area contributed by atoms with Crippen LogP contribution >= 0.6 is 0 Å². The first kappa shape index (κ1) is 45.9. The van der Waals surface area contributed by atoms with Gasteiger partial charge in [0.25, 0.3) is 6.71 Å². The molecule has 1 spiro atoms. The maximum absolute atomic E-state index is 7.61. The van der Waals surface area contributed by atoms with E-state index in [1.165, 1.54) is 100 Å². The molecular formula is C70H64BN3O. The van der Waals surface area contributed by atoms with Crippen molar-refractivity contribution in [1.82, 2.24) is 4.98 Å². The Bertz CT molecular complexity index is 3990. The molecule has 0 saturated carbocycles. The molecular weight excluding hydrogens is 910 g/mol. The number of aromatic nitrogens is 1. The molecule has 0 bridgehead atoms. The fourth-order valence-electron chi connectivity index (χ4n) is 13.4. The van der Waals surface area contributed by atoms with Crippen LogP contribution in [0, 0.1) is 0 Å². The minimum atomic E-state index is -0.601. The lowest BCUT2D eigenvalue weighted by Gasteiger charge is -2.45. The van der Waals surface area contributed by atoms with E-state index in [0.717, 1.165) is 39.0 Å². The number of anilines is 6. The molecule has 0 amide bonds. The predicted octanol–water partition coefficient (Wildman–Crippen LogP) is 16.6. The van der Waals surface area contributed by atoms with Crippen LogP contribution in [0.1, 0.15) is 128 Å². The summed E-state index contributed by atoms with van der Waals surface area (Å²) in [5, 5.41) is 2.26. The van der Waals surface area contributed by atoms with E-state index in [0.29, 0.717) is 0 Å². The highest BCUT2D eigenvalue weighted by molar-refractivity contribution is 7.00. The van der Waals surface area contributed by atoms with Crippen molar-refractivity contribution >= 4 is 79.2 Å². The van der Waals surface area contributed by atoms with E-state index in [1.54, 1.807) is 0 Å². The quantitative estimate of drug-likeness (QED) is 0.162. The zero-order valence-electron chi connectivity index (χ0n) is 45.5. The lowest BCUT2D eigenvalue weighted by Crippen LogP contribution is -2.61. The summed E-state index contributed by atoms with van der Waals surface area (Å²) in [6.45, 7) is 27.8. The van der Waals surface area contributed by atoms with Crippen molar-refractivity contribution in [2.24, 2.45) is 0 Å². The average Bonchev–Trinajstić information content (AvgIpc) is 4.25. The number of benzene rings is 8. The third-order valence-electron chi connectivity index (χ3n) is 17.3. The van der Waals surface area contributed by atoms with Crippen LogP contribution in [-0.4, -0.2) is 11.7 Å². The Labute approximate surface area is 443 Å². The lowest BCUT2D eigenvalue weighted by molar-refractivity contribution is 0.589. The maximum atomic E-state index is 7.61. The van der Waals surface area contributed by atoms with E-state index < -0.39 is 5.41 Å². The van der Waals surface area contributed by atoms with Gasteiger partial charge in [-0.25, -0.2) is 0 Å². The second-order valence-electron chi connectivity index (χ2n) is 26.0. The molecule has 10 aromatic rings. The molecule has 8 aromatic carbocycles. The molecule has 4 aliphatic rings. The van der Waals surface area contributed by atoms with Crippen LogP contribution in [0.2, 0.25) is 0 Å². The van der Waals surface area contributed by atoms with Gasteiger partial charge in [-0.15, -0.1) is 0 Å². The van der Waals surface area contributed by atoms with Gasteiger partial charge in [-0.2, -0.15) is 0 Å². The molecule has 368 valence electrons. The van der Waals surface area contributed by atoms with Gasteiger partial charge in [0, 0.05) is 68.3 Å². The van der Waals surface area contributed by atoms with Crippen LogP contribution in [0.15, 0.2) is 174 Å². The van der Waals surface area contributed by atoms with Crippen molar-refractivity contribution in [1.29, 1.82) is 0 Å². The van der Waals surface area contributed by atoms with Crippen LogP contribution in [0.25, 0.3) is 44.3 Å². The summed E-state index contributed by atoms with van der Waals surface area (Å²) in [7, 11) is 0. The Kier molecular flexibility index (Phi) is 9.34. The van der Waals surface area contributed by atoms with Gasteiger partial charge in [-0.3, -0.25) is 4.98 Å². The van der Waals surface area contributed by atoms with E-state index >= 15 is 0 Å². The number of fused-ring (bicyclic) bond motifs is 18. The Hall–Kier alpha value is -7.63. The third-order valence-corrected chi connectivity index (χ3v) is 17.3. The van der Waals surface area contributed by atoms with E-state index in [2.05, 4.69) is 257 Å². The van der Waals surface area contributed by atoms with Crippen molar-refractivity contribution in [3.8, 4) is 22.4 Å². The number of pyridine rings is 1. The molecule has 0 N–H and O–H groups in total. The van der Waals surface area contributed by atoms with Gasteiger partial charge in [-0.1, -0.05) is 186 Å². The standard InChI is InChI=1S/C70H64BN3O/c1-66(2,3)41-23-28-45(29-24-41)73-57-36-43(68(7,8)9)27-34-55(57)71-56-39-51-49-33-32-48-47-18-13-15-20-52(47)70(53-21-16-14-19-50(53)64-54(70)22-17-35-72-64)62(48)65(49)75-61(51)40-58(56)74(46-30-25-42(26-31-46)67(4,5)6)60-38-44(69(10,11)12)37-59(73)63(60)71/h13-40H,1-12H3. The number of furan rings is 1. The summed E-state index contributed by atoms with van der Waals surface area (Å²) in [6.07, 6.45) is 1.94. The summed E-state index contributed by atoms with van der Waals surface area (Å²) in [5.41, 5.74) is 26.9. The first-order chi connectivity index (χ1) is 35.7. The van der Waals surface area contributed by atoms with Crippen LogP contribution in [0.4, 0.5) is 34.1 Å². The van der Waals surface area contributed by atoms with Gasteiger partial charge in [-0.05, 0) is 143 Å². The van der Waals surface area contributed by atoms with E-state index in [-0.39, 0.29) is 28.4 Å². The summed E-state index contributed by atoms with van der Waals surface area (Å²) >= 11 is 0. The second-order valence-corrected chi connectivity index (χ2v) is 26.0. The molecule has 2 aliphatic carbocycles. The predicted molar refractivity (Wildman–Crippen MR) is 317 cm³/mol. The van der Waals surface area contributed by atoms with Gasteiger partial charge < -0.3 is 14.2 Å². The topological polar surface area (TPSA) is 32.5 Å². The fourth-order valence-corrected chi connectivity index (χ4v) is 13.4. The van der Waals surface area contributed by atoms with Crippen molar-refractivity contribution in [2.75, 3.05) is 9.80 Å². The summed E-state index contributed by atoms with van der Waals surface area (Å²) in [5.74, 6) is 0. The number of hydrogen-bond acceptors (Lipinski definition) is 4. The van der Waals surface area contributed by atoms with Gasteiger partial charge in [0.15, 0.2) is 0 Å². The van der Waals surface area contributed by atoms with Gasteiger partial charge in [0.2, 0.25) is 0 Å². The minimum absolute atomic E-state index is 0.00152. The Morgan fingerprint density at radius 3 is 1.55 bits per heavy atom. The molecule has 5 heteroatoms. The van der Waals surface area contributed by atoms with E-state index in [4.69, 9.17) is 9.40 Å². The third kappa shape index (κ3) is 6.40. The highest BCUT2D eigenvalue weighted by Crippen LogP contribution is 2.64. The summed E-state index contributed by atoms with van der Waals surface area (Å²) in [6, 6.07) is 63.0. The molecule has 4 heterocycles. The van der Waals surface area contributed by atoms with Crippen LogP contribution in [0.5, 0.6) is 0 Å². The zero-order valence-corrected chi connectivity index (χ0v) is 45.5. The molecule has 1 atom stereocenters. The fraction of sp³-hybridized carbons (Fsp3) is 0.243. The van der Waals surface area contributed by atoms with Crippen molar-refractivity contribution in [3.05, 3.63) is 214 Å².